The Bertz CT molecular complexity index is 3520. The molecule has 65 heavy (non-hydrogen) atoms. The van der Waals surface area contributed by atoms with E-state index in [1.165, 1.54) is 138 Å². The molecule has 11 rings (SSSR count). The van der Waals surface area contributed by atoms with Crippen LogP contribution in [-0.2, 0) is 21.7 Å². The molecule has 9 aromatic rings. The van der Waals surface area contributed by atoms with Crippen LogP contribution in [0.5, 0.6) is 0 Å². The van der Waals surface area contributed by atoms with Crippen LogP contribution in [0, 0.1) is 27.7 Å². The third kappa shape index (κ3) is 5.92. The molecule has 2 nitrogen and oxygen atoms in total. The molecule has 0 fully saturated rings. The Labute approximate surface area is 387 Å². The van der Waals surface area contributed by atoms with Gasteiger partial charge in [-0.25, -0.2) is 0 Å². The van der Waals surface area contributed by atoms with Gasteiger partial charge in [-0.2, -0.15) is 0 Å². The normalized spacial score (nSPS) is 13.8. The molecule has 0 atom stereocenters. The highest BCUT2D eigenvalue weighted by Crippen LogP contribution is 2.53. The average molecular weight is 849 g/mol. The number of benzene rings is 7. The lowest BCUT2D eigenvalue weighted by atomic mass is 9.44. The van der Waals surface area contributed by atoms with Crippen LogP contribution < -0.4 is 10.9 Å². The van der Waals surface area contributed by atoms with E-state index in [9.17, 15) is 0 Å². The van der Waals surface area contributed by atoms with Gasteiger partial charge in [0.15, 0.2) is 0 Å². The lowest BCUT2D eigenvalue weighted by Gasteiger charge is -2.38. The van der Waals surface area contributed by atoms with Gasteiger partial charge in [0.1, 0.15) is 0 Å². The molecule has 2 aliphatic heterocycles. The fourth-order valence-electron chi connectivity index (χ4n) is 11.8. The predicted molar refractivity (Wildman–Crippen MR) is 284 cm³/mol. The summed E-state index contributed by atoms with van der Waals surface area (Å²) in [6.45, 7) is 37.7. The molecule has 4 heterocycles. The highest BCUT2D eigenvalue weighted by Gasteiger charge is 2.45. The Kier molecular flexibility index (Phi) is 8.64. The number of aromatic nitrogens is 2. The zero-order chi connectivity index (χ0) is 46.2. The van der Waals surface area contributed by atoms with Crippen LogP contribution in [0.4, 0.5) is 0 Å². The summed E-state index contributed by atoms with van der Waals surface area (Å²) in [5.41, 5.74) is 28.0. The first-order valence-corrected chi connectivity index (χ1v) is 24.1. The van der Waals surface area contributed by atoms with Crippen molar-refractivity contribution in [1.82, 2.24) is 9.05 Å². The van der Waals surface area contributed by atoms with Crippen LogP contribution in [0.25, 0.3) is 82.7 Å². The van der Waals surface area contributed by atoms with Gasteiger partial charge >= 0.3 is 6.85 Å². The molecule has 2 aromatic heterocycles. The second kappa shape index (κ2) is 13.4. The van der Waals surface area contributed by atoms with Gasteiger partial charge in [0, 0.05) is 43.8 Å². The molecule has 0 spiro atoms. The zero-order valence-corrected chi connectivity index (χ0v) is 41.8. The van der Waals surface area contributed by atoms with Crippen LogP contribution in [0.15, 0.2) is 103 Å². The Hall–Kier alpha value is -5.80. The maximum atomic E-state index is 2.79. The van der Waals surface area contributed by atoms with Crippen molar-refractivity contribution in [3.05, 3.63) is 148 Å². The summed E-state index contributed by atoms with van der Waals surface area (Å²) in [5, 5.41) is 5.39. The smallest absolute Gasteiger partial charge is 0.333 e. The monoisotopic (exact) mass is 849 g/mol. The molecule has 0 saturated carbocycles. The van der Waals surface area contributed by atoms with E-state index >= 15 is 0 Å². The maximum Gasteiger partial charge on any atom is 0.333 e. The van der Waals surface area contributed by atoms with E-state index in [2.05, 4.69) is 223 Å². The molecule has 0 N–H and O–H groups in total. The lowest BCUT2D eigenvalue weighted by Crippen LogP contribution is -2.55. The van der Waals surface area contributed by atoms with E-state index in [1.54, 1.807) is 0 Å². The zero-order valence-electron chi connectivity index (χ0n) is 41.8. The minimum absolute atomic E-state index is 0.00409. The molecular weight excluding hydrogens is 784 g/mol. The molecule has 0 aliphatic carbocycles. The van der Waals surface area contributed by atoms with Crippen LogP contribution in [-0.4, -0.2) is 15.9 Å². The molecule has 2 aliphatic rings. The van der Waals surface area contributed by atoms with Gasteiger partial charge in [0.2, 0.25) is 0 Å². The van der Waals surface area contributed by atoms with Crippen molar-refractivity contribution in [2.75, 3.05) is 0 Å². The molecular formula is C62H65BN2. The molecule has 3 heteroatoms. The van der Waals surface area contributed by atoms with Gasteiger partial charge in [-0.05, 0) is 181 Å². The van der Waals surface area contributed by atoms with Crippen molar-refractivity contribution in [3.63, 3.8) is 0 Å². The van der Waals surface area contributed by atoms with Crippen LogP contribution in [0.3, 0.4) is 0 Å². The topological polar surface area (TPSA) is 9.86 Å². The summed E-state index contributed by atoms with van der Waals surface area (Å²) >= 11 is 0. The fraction of sp³-hybridized carbons (Fsp3) is 0.323. The van der Waals surface area contributed by atoms with Crippen molar-refractivity contribution in [3.8, 4) is 39.1 Å². The Morgan fingerprint density at radius 3 is 1.38 bits per heavy atom. The third-order valence-electron chi connectivity index (χ3n) is 15.4. The van der Waals surface area contributed by atoms with Gasteiger partial charge in [-0.1, -0.05) is 138 Å². The molecule has 0 amide bonds. The minimum atomic E-state index is -0.0810. The summed E-state index contributed by atoms with van der Waals surface area (Å²) in [4.78, 5) is 0. The lowest BCUT2D eigenvalue weighted by molar-refractivity contribution is 0.590. The Morgan fingerprint density at radius 1 is 0.385 bits per heavy atom. The number of aryl methyl sites for hydroxylation is 4. The number of nitrogens with zero attached hydrogens (tertiary/aromatic N) is 2. The van der Waals surface area contributed by atoms with Crippen molar-refractivity contribution in [2.45, 2.75) is 132 Å². The van der Waals surface area contributed by atoms with Crippen molar-refractivity contribution in [2.24, 2.45) is 0 Å². The van der Waals surface area contributed by atoms with Gasteiger partial charge in [-0.15, -0.1) is 0 Å². The van der Waals surface area contributed by atoms with E-state index in [-0.39, 0.29) is 28.5 Å². The molecule has 0 radical (unpaired) electrons. The van der Waals surface area contributed by atoms with Crippen LogP contribution in [0.1, 0.15) is 128 Å². The third-order valence-corrected chi connectivity index (χ3v) is 15.4. The second-order valence-electron chi connectivity index (χ2n) is 24.1. The van der Waals surface area contributed by atoms with Crippen molar-refractivity contribution in [1.29, 1.82) is 0 Å². The molecule has 0 bridgehead atoms. The standard InChI is InChI=1S/C62H65BN2/c1-34-19-17-20-35(2)52(34)46-33-51-56-55(54(46)53-36(3)21-18-22-37(53)4)47-31-40(61(11,12)13)29-44-43-28-39(60(8,9)10)24-26-50(43)65(57(44)47)63(56)48-32-41(62(14,15)16)30-45-42-27-38(59(5,6)7)23-25-49(42)64(51)58(45)48/h17-33H,1-16H3. The minimum Gasteiger partial charge on any atom is -0.375 e. The van der Waals surface area contributed by atoms with E-state index in [0.29, 0.717) is 0 Å². The van der Waals surface area contributed by atoms with Gasteiger partial charge in [-0.3, -0.25) is 0 Å². The highest BCUT2D eigenvalue weighted by atomic mass is 15.0. The van der Waals surface area contributed by atoms with E-state index < -0.39 is 0 Å². The first-order chi connectivity index (χ1) is 30.4. The van der Waals surface area contributed by atoms with E-state index in [0.717, 1.165) is 0 Å². The summed E-state index contributed by atoms with van der Waals surface area (Å²) in [5.74, 6) is 0. The molecule has 0 saturated heterocycles. The average Bonchev–Trinajstić information content (AvgIpc) is 3.72. The largest absolute Gasteiger partial charge is 0.375 e. The highest BCUT2D eigenvalue weighted by molar-refractivity contribution is 6.90. The van der Waals surface area contributed by atoms with Crippen LogP contribution >= 0.6 is 0 Å². The summed E-state index contributed by atoms with van der Waals surface area (Å²) < 4.78 is 5.49. The fourth-order valence-corrected chi connectivity index (χ4v) is 11.8. The Morgan fingerprint density at radius 2 is 0.846 bits per heavy atom. The predicted octanol–water partition coefficient (Wildman–Crippen LogP) is 15.6. The quantitative estimate of drug-likeness (QED) is 0.153. The van der Waals surface area contributed by atoms with Crippen molar-refractivity contribution >= 4 is 61.4 Å². The SMILES string of the molecule is Cc1cccc(C)c1-c1cc2c3c(c1-c1c(C)cccc1C)-c1cc(C(C)(C)C)cc4c5cc(C(C)(C)C)ccc5n(c14)B3c1cc(C(C)(C)C)cc3c4cc(C(C)(C)C)ccc4n-2c13. The number of rotatable bonds is 2. The van der Waals surface area contributed by atoms with Crippen molar-refractivity contribution < 1.29 is 0 Å². The first kappa shape index (κ1) is 41.9. The summed E-state index contributed by atoms with van der Waals surface area (Å²) in [7, 11) is 0. The second-order valence-corrected chi connectivity index (χ2v) is 24.1. The Balaban J connectivity index is 1.47. The van der Waals surface area contributed by atoms with E-state index in [1.807, 2.05) is 0 Å². The van der Waals surface area contributed by atoms with Crippen LogP contribution in [0.2, 0.25) is 0 Å². The molecule has 326 valence electrons. The van der Waals surface area contributed by atoms with Gasteiger partial charge in [0.25, 0.3) is 0 Å². The number of hydrogen-bond donors (Lipinski definition) is 0. The molecule has 7 aromatic carbocycles. The summed E-state index contributed by atoms with van der Waals surface area (Å²) in [6, 6.07) is 41.4. The maximum absolute atomic E-state index is 2.79. The van der Waals surface area contributed by atoms with Gasteiger partial charge in [0.05, 0.1) is 11.0 Å². The number of fused-ring (bicyclic) bond motifs is 10. The van der Waals surface area contributed by atoms with Gasteiger partial charge < -0.3 is 9.05 Å². The molecule has 0 unspecified atom stereocenters. The van der Waals surface area contributed by atoms with E-state index in [4.69, 9.17) is 0 Å². The first-order valence-electron chi connectivity index (χ1n) is 24.1. The summed E-state index contributed by atoms with van der Waals surface area (Å²) in [6.07, 6.45) is 0. The number of hydrogen-bond acceptors (Lipinski definition) is 0.